The van der Waals surface area contributed by atoms with E-state index >= 15 is 0 Å². The third-order valence-corrected chi connectivity index (χ3v) is 11.9. The molecule has 0 aromatic heterocycles. The van der Waals surface area contributed by atoms with Gasteiger partial charge in [0, 0.05) is 19.3 Å². The molecule has 0 rings (SSSR count). The summed E-state index contributed by atoms with van der Waals surface area (Å²) in [4.78, 5) is 37.9. The van der Waals surface area contributed by atoms with E-state index in [2.05, 4.69) is 45.1 Å². The lowest BCUT2D eigenvalue weighted by atomic mass is 10.1. The van der Waals surface area contributed by atoms with Crippen molar-refractivity contribution in [3.8, 4) is 0 Å². The molecule has 0 aliphatic rings. The van der Waals surface area contributed by atoms with Gasteiger partial charge < -0.3 is 14.2 Å². The molecule has 6 nitrogen and oxygen atoms in total. The van der Waals surface area contributed by atoms with Gasteiger partial charge in [0.25, 0.3) is 0 Å². The number of unbranched alkanes of at least 4 members (excludes halogenated alkanes) is 34. The normalized spacial score (nSPS) is 12.1. The SMILES string of the molecule is CCCCCC/C=C\CCCCCCCCCC(=O)OC(COC(=O)CCCCCCCCC/C=C\CCCCCCCCCC)COC(=O)CCCCCCCCCCC. The second-order valence-electron chi connectivity index (χ2n) is 18.1. The molecule has 0 aromatic rings. The second kappa shape index (κ2) is 50.5. The average Bonchev–Trinajstić information content (AvgIpc) is 3.26. The minimum absolute atomic E-state index is 0.0711. The van der Waals surface area contributed by atoms with Crippen LogP contribution in [0.5, 0.6) is 0 Å². The first-order valence-electron chi connectivity index (χ1n) is 26.8. The zero-order valence-corrected chi connectivity index (χ0v) is 40.9. The Morgan fingerprint density at radius 1 is 0.311 bits per heavy atom. The molecule has 0 heterocycles. The Balaban J connectivity index is 4.27. The van der Waals surface area contributed by atoms with Gasteiger partial charge in [0.1, 0.15) is 13.2 Å². The molecule has 0 N–H and O–H groups in total. The highest BCUT2D eigenvalue weighted by Gasteiger charge is 2.19. The van der Waals surface area contributed by atoms with Crippen molar-refractivity contribution in [2.24, 2.45) is 0 Å². The fraction of sp³-hybridized carbons (Fsp3) is 0.873. The predicted octanol–water partition coefficient (Wildman–Crippen LogP) is 17.5. The van der Waals surface area contributed by atoms with E-state index < -0.39 is 6.10 Å². The molecule has 0 aromatic carbocycles. The van der Waals surface area contributed by atoms with Gasteiger partial charge >= 0.3 is 17.9 Å². The molecule has 6 heteroatoms. The molecule has 0 spiro atoms. The summed E-state index contributed by atoms with van der Waals surface area (Å²) in [6.45, 7) is 6.63. The zero-order chi connectivity index (χ0) is 44.4. The number of allylic oxidation sites excluding steroid dienone is 4. The van der Waals surface area contributed by atoms with Crippen LogP contribution >= 0.6 is 0 Å². The van der Waals surface area contributed by atoms with E-state index in [0.29, 0.717) is 19.3 Å². The molecular formula is C55H102O6. The molecule has 0 radical (unpaired) electrons. The summed E-state index contributed by atoms with van der Waals surface area (Å²) in [5.74, 6) is -0.870. The van der Waals surface area contributed by atoms with Gasteiger partial charge in [-0.3, -0.25) is 14.4 Å². The first-order valence-corrected chi connectivity index (χ1v) is 26.8. The number of hydrogen-bond acceptors (Lipinski definition) is 6. The highest BCUT2D eigenvalue weighted by Crippen LogP contribution is 2.15. The van der Waals surface area contributed by atoms with Crippen molar-refractivity contribution in [1.82, 2.24) is 0 Å². The first kappa shape index (κ1) is 58.9. The molecule has 358 valence electrons. The standard InChI is InChI=1S/C55H102O6/c1-4-7-10-13-16-19-21-23-25-26-27-28-30-31-33-36-39-42-45-48-54(57)60-51-52(50-59-53(56)47-44-41-38-35-18-15-12-9-6-3)61-55(58)49-46-43-40-37-34-32-29-24-22-20-17-14-11-8-5-2/h20,22,26-27,52H,4-19,21,23-25,28-51H2,1-3H3/b22-20-,27-26-. The smallest absolute Gasteiger partial charge is 0.306 e. The number of esters is 3. The summed E-state index contributed by atoms with van der Waals surface area (Å²) in [5.41, 5.74) is 0. The van der Waals surface area contributed by atoms with Gasteiger partial charge in [0.15, 0.2) is 6.10 Å². The topological polar surface area (TPSA) is 78.9 Å². The summed E-state index contributed by atoms with van der Waals surface area (Å²) in [6.07, 6.45) is 57.4. The van der Waals surface area contributed by atoms with Crippen LogP contribution in [0.4, 0.5) is 0 Å². The molecule has 61 heavy (non-hydrogen) atoms. The minimum Gasteiger partial charge on any atom is -0.462 e. The van der Waals surface area contributed by atoms with E-state index in [9.17, 15) is 14.4 Å². The Morgan fingerprint density at radius 2 is 0.541 bits per heavy atom. The average molecular weight is 859 g/mol. The van der Waals surface area contributed by atoms with Crippen LogP contribution in [0.3, 0.4) is 0 Å². The van der Waals surface area contributed by atoms with Crippen LogP contribution in [0.25, 0.3) is 0 Å². The van der Waals surface area contributed by atoms with Crippen LogP contribution in [0.15, 0.2) is 24.3 Å². The zero-order valence-electron chi connectivity index (χ0n) is 40.9. The summed E-state index contributed by atoms with van der Waals surface area (Å²) in [5, 5.41) is 0. The summed E-state index contributed by atoms with van der Waals surface area (Å²) < 4.78 is 16.8. The fourth-order valence-electron chi connectivity index (χ4n) is 7.84. The van der Waals surface area contributed by atoms with Crippen LogP contribution in [0.1, 0.15) is 290 Å². The third-order valence-electron chi connectivity index (χ3n) is 11.9. The fourth-order valence-corrected chi connectivity index (χ4v) is 7.84. The second-order valence-corrected chi connectivity index (χ2v) is 18.1. The van der Waals surface area contributed by atoms with Crippen molar-refractivity contribution in [3.05, 3.63) is 24.3 Å². The Hall–Kier alpha value is -2.11. The molecule has 0 bridgehead atoms. The molecule has 0 amide bonds. The number of rotatable bonds is 49. The van der Waals surface area contributed by atoms with Gasteiger partial charge in [-0.05, 0) is 70.6 Å². The van der Waals surface area contributed by atoms with Crippen LogP contribution in [-0.2, 0) is 28.6 Å². The molecule has 0 aliphatic carbocycles. The van der Waals surface area contributed by atoms with E-state index in [4.69, 9.17) is 14.2 Å². The summed E-state index contributed by atoms with van der Waals surface area (Å²) in [6, 6.07) is 0. The number of ether oxygens (including phenoxy) is 3. The molecular weight excluding hydrogens is 757 g/mol. The lowest BCUT2D eigenvalue weighted by Gasteiger charge is -2.18. The maximum absolute atomic E-state index is 12.8. The number of hydrogen-bond donors (Lipinski definition) is 0. The maximum atomic E-state index is 12.8. The number of carbonyl (C=O) groups is 3. The molecule has 0 aliphatic heterocycles. The molecule has 1 atom stereocenters. The van der Waals surface area contributed by atoms with E-state index in [-0.39, 0.29) is 31.1 Å². The molecule has 1 unspecified atom stereocenters. The van der Waals surface area contributed by atoms with Crippen molar-refractivity contribution in [2.75, 3.05) is 13.2 Å². The Kier molecular flexibility index (Phi) is 48.8. The highest BCUT2D eigenvalue weighted by atomic mass is 16.6. The Morgan fingerprint density at radius 3 is 0.836 bits per heavy atom. The van der Waals surface area contributed by atoms with E-state index in [1.807, 2.05) is 0 Å². The van der Waals surface area contributed by atoms with E-state index in [1.54, 1.807) is 0 Å². The van der Waals surface area contributed by atoms with Gasteiger partial charge in [0.2, 0.25) is 0 Å². The van der Waals surface area contributed by atoms with Crippen molar-refractivity contribution in [2.45, 2.75) is 297 Å². The van der Waals surface area contributed by atoms with Crippen LogP contribution < -0.4 is 0 Å². The largest absolute Gasteiger partial charge is 0.462 e. The summed E-state index contributed by atoms with van der Waals surface area (Å²) >= 11 is 0. The quantitative estimate of drug-likeness (QED) is 0.0262. The van der Waals surface area contributed by atoms with Crippen molar-refractivity contribution < 1.29 is 28.6 Å². The first-order chi connectivity index (χ1) is 30.0. The molecule has 0 saturated carbocycles. The maximum Gasteiger partial charge on any atom is 0.306 e. The van der Waals surface area contributed by atoms with Crippen molar-refractivity contribution in [3.63, 3.8) is 0 Å². The molecule has 0 fully saturated rings. The van der Waals surface area contributed by atoms with Gasteiger partial charge in [-0.2, -0.15) is 0 Å². The Bertz CT molecular complexity index is 989. The van der Waals surface area contributed by atoms with Crippen molar-refractivity contribution >= 4 is 17.9 Å². The lowest BCUT2D eigenvalue weighted by Crippen LogP contribution is -2.30. The highest BCUT2D eigenvalue weighted by molar-refractivity contribution is 5.71. The Labute approximate surface area is 379 Å². The van der Waals surface area contributed by atoms with Gasteiger partial charge in [-0.15, -0.1) is 0 Å². The van der Waals surface area contributed by atoms with E-state index in [0.717, 1.165) is 57.8 Å². The lowest BCUT2D eigenvalue weighted by molar-refractivity contribution is -0.167. The third kappa shape index (κ3) is 48.8. The summed E-state index contributed by atoms with van der Waals surface area (Å²) in [7, 11) is 0. The van der Waals surface area contributed by atoms with Crippen LogP contribution in [0.2, 0.25) is 0 Å². The van der Waals surface area contributed by atoms with Gasteiger partial charge in [-0.25, -0.2) is 0 Å². The van der Waals surface area contributed by atoms with Crippen molar-refractivity contribution in [1.29, 1.82) is 0 Å². The van der Waals surface area contributed by atoms with Gasteiger partial charge in [-0.1, -0.05) is 225 Å². The monoisotopic (exact) mass is 859 g/mol. The minimum atomic E-state index is -0.770. The number of carbonyl (C=O) groups excluding carboxylic acids is 3. The van der Waals surface area contributed by atoms with Crippen LogP contribution in [0, 0.1) is 0 Å². The van der Waals surface area contributed by atoms with E-state index in [1.165, 1.54) is 193 Å². The predicted molar refractivity (Wildman–Crippen MR) is 261 cm³/mol. The molecule has 0 saturated heterocycles. The van der Waals surface area contributed by atoms with Crippen LogP contribution in [-0.4, -0.2) is 37.2 Å². The van der Waals surface area contributed by atoms with Gasteiger partial charge in [0.05, 0.1) is 0 Å².